The maximum atomic E-state index is 13.0. The van der Waals surface area contributed by atoms with Crippen LogP contribution in [-0.2, 0) is 16.4 Å². The van der Waals surface area contributed by atoms with Crippen LogP contribution in [0.25, 0.3) is 4.96 Å². The Labute approximate surface area is 172 Å². The van der Waals surface area contributed by atoms with Crippen LogP contribution in [0.1, 0.15) is 18.9 Å². The lowest BCUT2D eigenvalue weighted by atomic mass is 10.1. The number of imidazole rings is 1. The van der Waals surface area contributed by atoms with Crippen LogP contribution in [0, 0.1) is 10.1 Å². The Morgan fingerprint density at radius 1 is 1.17 bits per heavy atom. The molecule has 1 fully saturated rings. The van der Waals surface area contributed by atoms with Gasteiger partial charge < -0.3 is 15.0 Å². The Hall–Kier alpha value is -2.50. The van der Waals surface area contributed by atoms with Gasteiger partial charge in [-0.25, -0.2) is 8.42 Å². The highest BCUT2D eigenvalue weighted by atomic mass is 32.2. The molecule has 29 heavy (non-hydrogen) atoms. The van der Waals surface area contributed by atoms with Crippen LogP contribution in [0.15, 0.2) is 40.7 Å². The average molecular weight is 436 g/mol. The molecule has 0 atom stereocenters. The zero-order valence-corrected chi connectivity index (χ0v) is 17.5. The number of rotatable bonds is 6. The van der Waals surface area contributed by atoms with E-state index in [4.69, 9.17) is 0 Å². The first-order valence-corrected chi connectivity index (χ1v) is 11.7. The predicted molar refractivity (Wildman–Crippen MR) is 111 cm³/mol. The van der Waals surface area contributed by atoms with Crippen molar-refractivity contribution in [3.8, 4) is 0 Å². The first-order chi connectivity index (χ1) is 13.9. The first-order valence-electron chi connectivity index (χ1n) is 9.36. The minimum Gasteiger partial charge on any atom is -0.358 e. The minimum absolute atomic E-state index is 0.0796. The Morgan fingerprint density at radius 2 is 1.86 bits per heavy atom. The molecule has 11 heteroatoms. The van der Waals surface area contributed by atoms with Crippen molar-refractivity contribution in [1.82, 2.24) is 13.7 Å². The lowest BCUT2D eigenvalue weighted by Crippen LogP contribution is -2.48. The molecule has 9 nitrogen and oxygen atoms in total. The van der Waals surface area contributed by atoms with Gasteiger partial charge in [0.15, 0.2) is 0 Å². The van der Waals surface area contributed by atoms with E-state index in [0.29, 0.717) is 23.9 Å². The summed E-state index contributed by atoms with van der Waals surface area (Å²) in [5.74, 6) is 0.215. The zero-order chi connectivity index (χ0) is 20.6. The number of fused-ring (bicyclic) bond motifs is 1. The fourth-order valence-corrected chi connectivity index (χ4v) is 5.68. The molecule has 3 heterocycles. The van der Waals surface area contributed by atoms with E-state index < -0.39 is 14.9 Å². The normalized spacial score (nSPS) is 15.8. The summed E-state index contributed by atoms with van der Waals surface area (Å²) in [5, 5.41) is 13.3. The van der Waals surface area contributed by atoms with Gasteiger partial charge in [0.05, 0.1) is 4.90 Å². The smallest absolute Gasteiger partial charge is 0.358 e. The molecule has 1 aliphatic heterocycles. The third-order valence-corrected chi connectivity index (χ3v) is 7.70. The monoisotopic (exact) mass is 435 g/mol. The van der Waals surface area contributed by atoms with E-state index in [0.717, 1.165) is 18.4 Å². The van der Waals surface area contributed by atoms with Crippen LogP contribution in [0.3, 0.4) is 0 Å². The van der Waals surface area contributed by atoms with Crippen LogP contribution in [0.2, 0.25) is 0 Å². The molecule has 0 spiro atoms. The fraction of sp³-hybridized carbons (Fsp3) is 0.389. The van der Waals surface area contributed by atoms with Gasteiger partial charge >= 0.3 is 5.82 Å². The molecule has 4 rings (SSSR count). The molecule has 154 valence electrons. The van der Waals surface area contributed by atoms with Crippen molar-refractivity contribution in [2.75, 3.05) is 31.1 Å². The van der Waals surface area contributed by atoms with E-state index in [1.54, 1.807) is 28.6 Å². The molecule has 0 aliphatic carbocycles. The number of nitrogens with zero attached hydrogens (tertiary/aromatic N) is 5. The summed E-state index contributed by atoms with van der Waals surface area (Å²) >= 11 is 1.32. The van der Waals surface area contributed by atoms with Crippen LogP contribution in [0.4, 0.5) is 11.6 Å². The lowest BCUT2D eigenvalue weighted by molar-refractivity contribution is -0.389. The highest BCUT2D eigenvalue weighted by Gasteiger charge is 2.33. The maximum absolute atomic E-state index is 13.0. The second-order valence-corrected chi connectivity index (χ2v) is 9.67. The number of hydrogen-bond donors (Lipinski definition) is 0. The number of sulfonamides is 1. The van der Waals surface area contributed by atoms with Crippen LogP contribution in [-0.4, -0.2) is 53.2 Å². The molecular formula is C18H21N5O4S2. The number of aryl methyl sites for hydroxylation is 1. The highest BCUT2D eigenvalue weighted by Crippen LogP contribution is 2.32. The van der Waals surface area contributed by atoms with E-state index in [1.807, 2.05) is 12.1 Å². The Balaban J connectivity index is 1.51. The fourth-order valence-electron chi connectivity index (χ4n) is 3.55. The van der Waals surface area contributed by atoms with Crippen LogP contribution in [0.5, 0.6) is 0 Å². The van der Waals surface area contributed by atoms with Gasteiger partial charge in [-0.2, -0.15) is 13.7 Å². The van der Waals surface area contributed by atoms with Gasteiger partial charge in [0.25, 0.3) is 4.96 Å². The molecule has 0 radical (unpaired) electrons. The third-order valence-electron chi connectivity index (χ3n) is 5.03. The average Bonchev–Trinajstić information content (AvgIpc) is 3.29. The number of piperazine rings is 1. The molecule has 1 aliphatic rings. The van der Waals surface area contributed by atoms with Gasteiger partial charge in [-0.1, -0.05) is 36.8 Å². The van der Waals surface area contributed by atoms with Crippen molar-refractivity contribution < 1.29 is 13.3 Å². The zero-order valence-electron chi connectivity index (χ0n) is 15.9. The molecule has 0 unspecified atom stereocenters. The number of thiazole rings is 1. The lowest BCUT2D eigenvalue weighted by Gasteiger charge is -2.33. The number of aromatic nitrogens is 2. The summed E-state index contributed by atoms with van der Waals surface area (Å²) in [5.41, 5.74) is 1.11. The summed E-state index contributed by atoms with van der Waals surface area (Å²) in [4.78, 5) is 18.1. The largest absolute Gasteiger partial charge is 0.373 e. The standard InChI is InChI=1S/C18H21N5O4S2/c1-2-3-14-4-6-15(7-5-14)29(26,27)21-10-8-20(9-11-21)16-17(23(24)25)22-12-13-28-18(22)19-16/h4-7,12-13H,2-3,8-11H2,1H3. The van der Waals surface area contributed by atoms with Gasteiger partial charge in [0.2, 0.25) is 15.8 Å². The summed E-state index contributed by atoms with van der Waals surface area (Å²) in [6.45, 7) is 3.28. The highest BCUT2D eigenvalue weighted by molar-refractivity contribution is 7.89. The van der Waals surface area contributed by atoms with Crippen molar-refractivity contribution >= 4 is 38.0 Å². The number of hydrogen-bond acceptors (Lipinski definition) is 7. The molecule has 1 aromatic carbocycles. The molecule has 0 amide bonds. The SMILES string of the molecule is CCCc1ccc(S(=O)(=O)N2CCN(c3nc4sccn4c3[N+](=O)[O-])CC2)cc1. The van der Waals surface area contributed by atoms with Crippen molar-refractivity contribution in [3.05, 3.63) is 51.5 Å². The van der Waals surface area contributed by atoms with E-state index in [2.05, 4.69) is 11.9 Å². The van der Waals surface area contributed by atoms with Gasteiger partial charge in [-0.15, -0.1) is 0 Å². The molecule has 1 saturated heterocycles. The molecule has 3 aromatic rings. The minimum atomic E-state index is -3.59. The maximum Gasteiger partial charge on any atom is 0.373 e. The summed E-state index contributed by atoms with van der Waals surface area (Å²) in [6.07, 6.45) is 3.55. The Morgan fingerprint density at radius 3 is 2.48 bits per heavy atom. The van der Waals surface area contributed by atoms with E-state index in [-0.39, 0.29) is 23.8 Å². The van der Waals surface area contributed by atoms with E-state index in [1.165, 1.54) is 20.0 Å². The molecule has 0 N–H and O–H groups in total. The Bertz CT molecular complexity index is 1130. The van der Waals surface area contributed by atoms with Gasteiger partial charge in [-0.05, 0) is 29.0 Å². The van der Waals surface area contributed by atoms with Crippen molar-refractivity contribution in [1.29, 1.82) is 0 Å². The molecule has 0 bridgehead atoms. The van der Waals surface area contributed by atoms with Crippen LogP contribution < -0.4 is 4.90 Å². The predicted octanol–water partition coefficient (Wildman–Crippen LogP) is 2.77. The van der Waals surface area contributed by atoms with Crippen molar-refractivity contribution in [2.45, 2.75) is 24.7 Å². The Kier molecular flexibility index (Phi) is 5.28. The second-order valence-electron chi connectivity index (χ2n) is 6.86. The third kappa shape index (κ3) is 3.61. The van der Waals surface area contributed by atoms with E-state index >= 15 is 0 Å². The topological polar surface area (TPSA) is 101 Å². The summed E-state index contributed by atoms with van der Waals surface area (Å²) in [6, 6.07) is 7.02. The quantitative estimate of drug-likeness (QED) is 0.436. The number of anilines is 1. The van der Waals surface area contributed by atoms with E-state index in [9.17, 15) is 18.5 Å². The van der Waals surface area contributed by atoms with Crippen molar-refractivity contribution in [2.24, 2.45) is 0 Å². The number of benzene rings is 1. The van der Waals surface area contributed by atoms with Gasteiger partial charge in [0.1, 0.15) is 6.20 Å². The summed E-state index contributed by atoms with van der Waals surface area (Å²) < 4.78 is 28.8. The molecule has 2 aromatic heterocycles. The van der Waals surface area contributed by atoms with Crippen molar-refractivity contribution in [3.63, 3.8) is 0 Å². The summed E-state index contributed by atoms with van der Waals surface area (Å²) in [7, 11) is -3.59. The van der Waals surface area contributed by atoms with Gasteiger partial charge in [-0.3, -0.25) is 0 Å². The first kappa shape index (κ1) is 19.8. The van der Waals surface area contributed by atoms with Gasteiger partial charge in [0, 0.05) is 31.6 Å². The number of nitro groups is 1. The van der Waals surface area contributed by atoms with Crippen LogP contribution >= 0.6 is 11.3 Å². The molecular weight excluding hydrogens is 414 g/mol. The molecule has 0 saturated carbocycles. The second kappa shape index (κ2) is 7.73.